The molecule has 0 radical (unpaired) electrons. The molecular weight excluding hydrogens is 394 g/mol. The van der Waals surface area contributed by atoms with Crippen molar-refractivity contribution in [2.45, 2.75) is 18.9 Å². The van der Waals surface area contributed by atoms with Gasteiger partial charge in [0.15, 0.2) is 0 Å². The van der Waals surface area contributed by atoms with E-state index in [0.717, 1.165) is 3.71 Å². The van der Waals surface area contributed by atoms with Gasteiger partial charge < -0.3 is 4.90 Å². The molecule has 1 saturated heterocycles. The first-order valence-electron chi connectivity index (χ1n) is 7.84. The van der Waals surface area contributed by atoms with Gasteiger partial charge in [-0.2, -0.15) is 0 Å². The van der Waals surface area contributed by atoms with Crippen LogP contribution in [0.3, 0.4) is 0 Å². The summed E-state index contributed by atoms with van der Waals surface area (Å²) in [5.41, 5.74) is 1.17. The first-order valence-corrected chi connectivity index (χ1v) is 10.6. The van der Waals surface area contributed by atoms with Crippen LogP contribution in [-0.4, -0.2) is 35.5 Å². The molecule has 1 N–H and O–H groups in total. The Balaban J connectivity index is 1.86. The van der Waals surface area contributed by atoms with Crippen LogP contribution in [0.4, 0.5) is 5.69 Å². The quantitative estimate of drug-likeness (QED) is 0.747. The molecule has 1 amide bonds. The number of carbonyl (C=O) groups is 1. The van der Waals surface area contributed by atoms with Crippen LogP contribution in [0.25, 0.3) is 5.69 Å². The van der Waals surface area contributed by atoms with Crippen molar-refractivity contribution >= 4 is 44.6 Å². The van der Waals surface area contributed by atoms with E-state index in [0.29, 0.717) is 30.8 Å². The van der Waals surface area contributed by atoms with E-state index in [1.807, 2.05) is 0 Å². The van der Waals surface area contributed by atoms with Crippen LogP contribution >= 0.6 is 12.8 Å². The largest absolute Gasteiger partial charge is 0.311 e. The second-order valence-corrected chi connectivity index (χ2v) is 9.12. The summed E-state index contributed by atoms with van der Waals surface area (Å²) in [6, 6.07) is 11.0. The van der Waals surface area contributed by atoms with Crippen LogP contribution < -0.4 is 10.5 Å². The third kappa shape index (κ3) is 3.84. The van der Waals surface area contributed by atoms with Crippen molar-refractivity contribution in [2.75, 3.05) is 11.4 Å². The number of anilines is 1. The van der Waals surface area contributed by atoms with E-state index >= 15 is 0 Å². The Morgan fingerprint density at radius 3 is 2.42 bits per heavy atom. The van der Waals surface area contributed by atoms with Gasteiger partial charge in [0.2, 0.25) is 14.9 Å². The third-order valence-electron chi connectivity index (χ3n) is 4.18. The highest BCUT2D eigenvalue weighted by molar-refractivity contribution is 8.30. The van der Waals surface area contributed by atoms with Gasteiger partial charge in [0.1, 0.15) is 6.04 Å². The minimum Gasteiger partial charge on any atom is -0.311 e. The number of thiol groups is 1. The summed E-state index contributed by atoms with van der Waals surface area (Å²) < 4.78 is 23.4. The van der Waals surface area contributed by atoms with Gasteiger partial charge in [-0.1, -0.05) is 18.9 Å². The summed E-state index contributed by atoms with van der Waals surface area (Å²) in [4.78, 5) is 26.2. The van der Waals surface area contributed by atoms with Gasteiger partial charge in [0.05, 0.1) is 0 Å². The molecule has 1 fully saturated rings. The molecule has 1 aromatic heterocycles. The van der Waals surface area contributed by atoms with E-state index in [4.69, 9.17) is 0 Å². The highest BCUT2D eigenvalue weighted by Crippen LogP contribution is 2.26. The predicted molar refractivity (Wildman–Crippen MR) is 106 cm³/mol. The van der Waals surface area contributed by atoms with Gasteiger partial charge >= 0.3 is 0 Å². The van der Waals surface area contributed by atoms with Crippen LogP contribution in [0.2, 0.25) is 0 Å². The number of hydrogen-bond donors (Lipinski definition) is 2. The number of aromatic nitrogens is 1. The average molecular weight is 412 g/mol. The molecular formula is C16H17N3O4S3. The normalized spacial score (nSPS) is 20.2. The highest BCUT2D eigenvalue weighted by Gasteiger charge is 2.36. The molecule has 7 nitrogen and oxygen atoms in total. The molecule has 0 saturated carbocycles. The molecule has 138 valence electrons. The number of pyridine rings is 1. The second-order valence-electron chi connectivity index (χ2n) is 5.82. The fourth-order valence-electron chi connectivity index (χ4n) is 2.91. The maximum absolute atomic E-state index is 12.7. The minimum atomic E-state index is -3.74. The summed E-state index contributed by atoms with van der Waals surface area (Å²) in [6.07, 6.45) is 2.72. The highest BCUT2D eigenvalue weighted by atomic mass is 32.9. The number of amides is 1. The van der Waals surface area contributed by atoms with Gasteiger partial charge in [-0.15, -0.1) is 3.71 Å². The lowest BCUT2D eigenvalue weighted by Gasteiger charge is -2.35. The van der Waals surface area contributed by atoms with E-state index in [2.05, 4.69) is 24.0 Å². The zero-order chi connectivity index (χ0) is 18.9. The lowest BCUT2D eigenvalue weighted by Crippen LogP contribution is -2.51. The SMILES string of the molecule is O=C1C(N(S)S(=O)(O)=S)CCCN1c1ccc(-n2ccccc2=O)cc1. The summed E-state index contributed by atoms with van der Waals surface area (Å²) in [7, 11) is -3.74. The molecule has 1 aliphatic rings. The van der Waals surface area contributed by atoms with Gasteiger partial charge in [-0.25, -0.2) is 4.21 Å². The predicted octanol–water partition coefficient (Wildman–Crippen LogP) is 1.61. The van der Waals surface area contributed by atoms with Crippen molar-refractivity contribution in [1.29, 1.82) is 0 Å². The minimum absolute atomic E-state index is 0.150. The topological polar surface area (TPSA) is 82.8 Å². The summed E-state index contributed by atoms with van der Waals surface area (Å²) >= 11 is 8.47. The molecule has 0 spiro atoms. The molecule has 2 atom stereocenters. The van der Waals surface area contributed by atoms with Gasteiger partial charge in [-0.3, -0.25) is 18.7 Å². The van der Waals surface area contributed by atoms with Crippen molar-refractivity contribution in [2.24, 2.45) is 0 Å². The zero-order valence-electron chi connectivity index (χ0n) is 13.6. The summed E-state index contributed by atoms with van der Waals surface area (Å²) in [5, 5.41) is 0. The number of benzene rings is 1. The van der Waals surface area contributed by atoms with E-state index in [9.17, 15) is 18.4 Å². The van der Waals surface area contributed by atoms with Crippen molar-refractivity contribution in [3.63, 3.8) is 0 Å². The fraction of sp³-hybridized carbons (Fsp3) is 0.250. The second kappa shape index (κ2) is 7.49. The fourth-order valence-corrected chi connectivity index (χ4v) is 3.96. The lowest BCUT2D eigenvalue weighted by molar-refractivity contribution is -0.122. The van der Waals surface area contributed by atoms with E-state index in [1.54, 1.807) is 42.6 Å². The summed E-state index contributed by atoms with van der Waals surface area (Å²) in [5.74, 6) is -0.331. The average Bonchev–Trinajstić information content (AvgIpc) is 2.61. The smallest absolute Gasteiger partial charge is 0.255 e. The van der Waals surface area contributed by atoms with E-state index in [-0.39, 0.29) is 11.5 Å². The zero-order valence-corrected chi connectivity index (χ0v) is 16.1. The van der Waals surface area contributed by atoms with E-state index < -0.39 is 15.0 Å². The Labute approximate surface area is 161 Å². The van der Waals surface area contributed by atoms with Crippen LogP contribution in [-0.2, 0) is 24.9 Å². The van der Waals surface area contributed by atoms with Gasteiger partial charge in [0, 0.05) is 41.4 Å². The Kier molecular flexibility index (Phi) is 5.49. The Hall–Kier alpha value is -1.72. The van der Waals surface area contributed by atoms with Crippen molar-refractivity contribution in [1.82, 2.24) is 8.28 Å². The van der Waals surface area contributed by atoms with Gasteiger partial charge in [-0.05, 0) is 43.2 Å². The van der Waals surface area contributed by atoms with Crippen LogP contribution in [0.1, 0.15) is 12.8 Å². The number of piperidine rings is 1. The molecule has 3 rings (SSSR count). The first-order chi connectivity index (χ1) is 12.3. The number of carbonyl (C=O) groups excluding carboxylic acids is 1. The van der Waals surface area contributed by atoms with Crippen LogP contribution in [0.5, 0.6) is 0 Å². The molecule has 26 heavy (non-hydrogen) atoms. The van der Waals surface area contributed by atoms with Crippen LogP contribution in [0.15, 0.2) is 53.5 Å². The lowest BCUT2D eigenvalue weighted by atomic mass is 10.0. The van der Waals surface area contributed by atoms with Crippen molar-refractivity contribution < 1.29 is 13.6 Å². The molecule has 2 unspecified atom stereocenters. The Morgan fingerprint density at radius 1 is 1.15 bits per heavy atom. The Bertz CT molecular complexity index is 973. The third-order valence-corrected chi connectivity index (χ3v) is 6.66. The number of nitrogens with zero attached hydrogens (tertiary/aromatic N) is 3. The molecule has 2 heterocycles. The first kappa shape index (κ1) is 19.1. The number of hydrogen-bond acceptors (Lipinski definition) is 5. The van der Waals surface area contributed by atoms with Gasteiger partial charge in [0.25, 0.3) is 5.56 Å². The van der Waals surface area contributed by atoms with Crippen molar-refractivity contribution in [3.05, 3.63) is 59.0 Å². The number of rotatable bonds is 4. The molecule has 10 heteroatoms. The molecule has 1 aromatic carbocycles. The van der Waals surface area contributed by atoms with Crippen LogP contribution in [0, 0.1) is 0 Å². The maximum atomic E-state index is 12.7. The molecule has 2 aromatic rings. The maximum Gasteiger partial charge on any atom is 0.255 e. The molecule has 1 aliphatic heterocycles. The molecule has 0 aliphatic carbocycles. The summed E-state index contributed by atoms with van der Waals surface area (Å²) in [6.45, 7) is 0.492. The monoisotopic (exact) mass is 411 g/mol. The van der Waals surface area contributed by atoms with Crippen molar-refractivity contribution in [3.8, 4) is 5.69 Å². The van der Waals surface area contributed by atoms with E-state index in [1.165, 1.54) is 15.5 Å². The standard InChI is InChI=1S/C16H17N3O4S3/c20-15-5-1-2-10-17(15)12-6-8-13(9-7-12)18-11-3-4-14(16(18)21)19(24)26(22,23)25/h1-2,5-10,14,24H,3-4,11H2,(H,22,23,25). The molecule has 0 bridgehead atoms. The Morgan fingerprint density at radius 2 is 1.81 bits per heavy atom.